The maximum atomic E-state index is 12.2. The molecule has 0 radical (unpaired) electrons. The van der Waals surface area contributed by atoms with E-state index < -0.39 is 5.97 Å². The number of rotatable bonds is 6. The summed E-state index contributed by atoms with van der Waals surface area (Å²) in [4.78, 5) is 23.2. The second kappa shape index (κ2) is 6.87. The number of hydrogen-bond donors (Lipinski definition) is 2. The summed E-state index contributed by atoms with van der Waals surface area (Å²) in [5.41, 5.74) is 0.423. The minimum Gasteiger partial charge on any atom is -0.497 e. The van der Waals surface area contributed by atoms with E-state index in [0.29, 0.717) is 28.6 Å². The van der Waals surface area contributed by atoms with Crippen molar-refractivity contribution in [3.05, 3.63) is 46.9 Å². The van der Waals surface area contributed by atoms with Crippen molar-refractivity contribution >= 4 is 11.9 Å². The second-order valence-corrected chi connectivity index (χ2v) is 4.74. The van der Waals surface area contributed by atoms with Crippen molar-refractivity contribution in [3.8, 4) is 11.5 Å². The number of methoxy groups -OCH3 is 2. The Morgan fingerprint density at radius 3 is 2.48 bits per heavy atom. The molecule has 1 aromatic heterocycles. The van der Waals surface area contributed by atoms with Crippen molar-refractivity contribution in [1.29, 1.82) is 0 Å². The Morgan fingerprint density at radius 2 is 1.91 bits per heavy atom. The van der Waals surface area contributed by atoms with Gasteiger partial charge in [0.25, 0.3) is 5.91 Å². The first-order valence-electron chi connectivity index (χ1n) is 6.79. The Balaban J connectivity index is 2.11. The Kier molecular flexibility index (Phi) is 4.90. The number of hydrogen-bond acceptors (Lipinski definition) is 5. The SMILES string of the molecule is COc1ccc(C(=O)NCc2cc(C(=O)O)c(C)o2)c(OC)c1. The van der Waals surface area contributed by atoms with Crippen LogP contribution in [0, 0.1) is 6.92 Å². The first-order chi connectivity index (χ1) is 11.0. The van der Waals surface area contributed by atoms with Crippen LogP contribution in [0.1, 0.15) is 32.2 Å². The van der Waals surface area contributed by atoms with Gasteiger partial charge in [0.15, 0.2) is 0 Å². The highest BCUT2D eigenvalue weighted by Crippen LogP contribution is 2.24. The van der Waals surface area contributed by atoms with Crippen LogP contribution in [0.2, 0.25) is 0 Å². The van der Waals surface area contributed by atoms with Gasteiger partial charge < -0.3 is 24.3 Å². The third kappa shape index (κ3) is 3.63. The Hall–Kier alpha value is -2.96. The zero-order valence-corrected chi connectivity index (χ0v) is 13.0. The summed E-state index contributed by atoms with van der Waals surface area (Å²) < 4.78 is 15.6. The highest BCUT2D eigenvalue weighted by Gasteiger charge is 2.16. The number of carbonyl (C=O) groups is 2. The van der Waals surface area contributed by atoms with Gasteiger partial charge in [0.2, 0.25) is 0 Å². The molecule has 2 N–H and O–H groups in total. The maximum absolute atomic E-state index is 12.2. The Labute approximate surface area is 132 Å². The van der Waals surface area contributed by atoms with Crippen molar-refractivity contribution in [2.75, 3.05) is 14.2 Å². The van der Waals surface area contributed by atoms with Gasteiger partial charge in [0.1, 0.15) is 28.6 Å². The zero-order valence-electron chi connectivity index (χ0n) is 13.0. The van der Waals surface area contributed by atoms with E-state index in [-0.39, 0.29) is 18.0 Å². The fourth-order valence-corrected chi connectivity index (χ4v) is 2.09. The molecule has 0 atom stereocenters. The molecule has 0 aliphatic heterocycles. The molecule has 1 aromatic carbocycles. The van der Waals surface area contributed by atoms with Gasteiger partial charge in [-0.25, -0.2) is 4.79 Å². The number of benzene rings is 1. The van der Waals surface area contributed by atoms with Crippen LogP contribution in [0.5, 0.6) is 11.5 Å². The predicted octanol–water partition coefficient (Wildman–Crippen LogP) is 2.23. The number of carbonyl (C=O) groups excluding carboxylic acids is 1. The third-order valence-corrected chi connectivity index (χ3v) is 3.28. The predicted molar refractivity (Wildman–Crippen MR) is 81.1 cm³/mol. The quantitative estimate of drug-likeness (QED) is 0.847. The summed E-state index contributed by atoms with van der Waals surface area (Å²) in [7, 11) is 2.98. The molecule has 0 fully saturated rings. The number of furan rings is 1. The molecule has 0 saturated carbocycles. The summed E-state index contributed by atoms with van der Waals surface area (Å²) in [5, 5.41) is 11.6. The monoisotopic (exact) mass is 319 g/mol. The zero-order chi connectivity index (χ0) is 17.0. The lowest BCUT2D eigenvalue weighted by Crippen LogP contribution is -2.23. The summed E-state index contributed by atoms with van der Waals surface area (Å²) in [6, 6.07) is 6.23. The second-order valence-electron chi connectivity index (χ2n) is 4.74. The Morgan fingerprint density at radius 1 is 1.17 bits per heavy atom. The van der Waals surface area contributed by atoms with Crippen LogP contribution < -0.4 is 14.8 Å². The smallest absolute Gasteiger partial charge is 0.339 e. The molecule has 122 valence electrons. The first kappa shape index (κ1) is 16.4. The van der Waals surface area contributed by atoms with Gasteiger partial charge in [-0.2, -0.15) is 0 Å². The molecular weight excluding hydrogens is 302 g/mol. The van der Waals surface area contributed by atoms with Gasteiger partial charge in [0.05, 0.1) is 26.3 Å². The van der Waals surface area contributed by atoms with E-state index in [1.807, 2.05) is 0 Å². The number of nitrogens with one attached hydrogen (secondary N) is 1. The van der Waals surface area contributed by atoms with E-state index in [4.69, 9.17) is 19.0 Å². The van der Waals surface area contributed by atoms with Crippen molar-refractivity contribution < 1.29 is 28.6 Å². The van der Waals surface area contributed by atoms with E-state index in [1.165, 1.54) is 20.3 Å². The average Bonchev–Trinajstić information content (AvgIpc) is 2.93. The normalized spacial score (nSPS) is 10.2. The summed E-state index contributed by atoms with van der Waals surface area (Å²) in [5.74, 6) is 0.176. The van der Waals surface area contributed by atoms with Crippen molar-refractivity contribution in [3.63, 3.8) is 0 Å². The lowest BCUT2D eigenvalue weighted by Gasteiger charge is -2.10. The molecule has 1 amide bonds. The summed E-state index contributed by atoms with van der Waals surface area (Å²) in [6.45, 7) is 1.63. The van der Waals surface area contributed by atoms with Crippen molar-refractivity contribution in [1.82, 2.24) is 5.32 Å². The van der Waals surface area contributed by atoms with Crippen molar-refractivity contribution in [2.45, 2.75) is 13.5 Å². The largest absolute Gasteiger partial charge is 0.497 e. The first-order valence-corrected chi connectivity index (χ1v) is 6.79. The molecule has 0 spiro atoms. The van der Waals surface area contributed by atoms with E-state index in [2.05, 4.69) is 5.32 Å². The topological polar surface area (TPSA) is 98.0 Å². The van der Waals surface area contributed by atoms with Crippen LogP contribution in [0.25, 0.3) is 0 Å². The minimum atomic E-state index is -1.07. The maximum Gasteiger partial charge on any atom is 0.339 e. The molecule has 0 unspecified atom stereocenters. The van der Waals surface area contributed by atoms with Crippen LogP contribution >= 0.6 is 0 Å². The highest BCUT2D eigenvalue weighted by molar-refractivity contribution is 5.97. The number of aromatic carboxylic acids is 1. The molecule has 0 bridgehead atoms. The van der Waals surface area contributed by atoms with E-state index in [1.54, 1.807) is 25.1 Å². The third-order valence-electron chi connectivity index (χ3n) is 3.28. The molecule has 1 heterocycles. The number of amides is 1. The molecule has 0 aliphatic rings. The van der Waals surface area contributed by atoms with Crippen LogP contribution in [-0.4, -0.2) is 31.2 Å². The molecule has 0 aliphatic carbocycles. The minimum absolute atomic E-state index is 0.0716. The lowest BCUT2D eigenvalue weighted by molar-refractivity contribution is 0.0694. The van der Waals surface area contributed by atoms with Gasteiger partial charge >= 0.3 is 5.97 Å². The van der Waals surface area contributed by atoms with E-state index >= 15 is 0 Å². The van der Waals surface area contributed by atoms with Gasteiger partial charge in [-0.05, 0) is 25.1 Å². The standard InChI is InChI=1S/C16H17NO6/c1-9-13(16(19)20)6-11(23-9)8-17-15(18)12-5-4-10(21-2)7-14(12)22-3/h4-7H,8H2,1-3H3,(H,17,18)(H,19,20). The number of aryl methyl sites for hydroxylation is 1. The fraction of sp³-hybridized carbons (Fsp3) is 0.250. The lowest BCUT2D eigenvalue weighted by atomic mass is 10.1. The van der Waals surface area contributed by atoms with E-state index in [0.717, 1.165) is 0 Å². The average molecular weight is 319 g/mol. The van der Waals surface area contributed by atoms with Crippen molar-refractivity contribution in [2.24, 2.45) is 0 Å². The Bertz CT molecular complexity index is 734. The van der Waals surface area contributed by atoms with Crippen LogP contribution in [0.4, 0.5) is 0 Å². The highest BCUT2D eigenvalue weighted by atomic mass is 16.5. The molecule has 2 rings (SSSR count). The van der Waals surface area contributed by atoms with Crippen LogP contribution in [0.3, 0.4) is 0 Å². The number of carboxylic acid groups (broad SMARTS) is 1. The summed E-state index contributed by atoms with van der Waals surface area (Å²) in [6.07, 6.45) is 0. The molecule has 0 saturated heterocycles. The summed E-state index contributed by atoms with van der Waals surface area (Å²) >= 11 is 0. The molecular formula is C16H17NO6. The van der Waals surface area contributed by atoms with Gasteiger partial charge in [0, 0.05) is 6.07 Å². The molecule has 7 heteroatoms. The fourth-order valence-electron chi connectivity index (χ4n) is 2.09. The van der Waals surface area contributed by atoms with Gasteiger partial charge in [-0.3, -0.25) is 4.79 Å². The van der Waals surface area contributed by atoms with Crippen LogP contribution in [0.15, 0.2) is 28.7 Å². The van der Waals surface area contributed by atoms with Crippen LogP contribution in [-0.2, 0) is 6.54 Å². The van der Waals surface area contributed by atoms with E-state index in [9.17, 15) is 9.59 Å². The number of ether oxygens (including phenoxy) is 2. The number of carboxylic acids is 1. The molecule has 2 aromatic rings. The van der Waals surface area contributed by atoms with Gasteiger partial charge in [-0.15, -0.1) is 0 Å². The van der Waals surface area contributed by atoms with Gasteiger partial charge in [-0.1, -0.05) is 0 Å². The molecule has 23 heavy (non-hydrogen) atoms. The molecule has 7 nitrogen and oxygen atoms in total.